The van der Waals surface area contributed by atoms with E-state index in [4.69, 9.17) is 4.99 Å². The van der Waals surface area contributed by atoms with Gasteiger partial charge >= 0.3 is 0 Å². The summed E-state index contributed by atoms with van der Waals surface area (Å²) in [6.45, 7) is 13.1. The maximum atomic E-state index is 4.74. The number of guanidine groups is 1. The first kappa shape index (κ1) is 17.0. The molecule has 116 valence electrons. The van der Waals surface area contributed by atoms with Crippen molar-refractivity contribution in [2.24, 2.45) is 4.99 Å². The highest BCUT2D eigenvalue weighted by Gasteiger charge is 2.21. The second-order valence-corrected chi connectivity index (χ2v) is 5.43. The quantitative estimate of drug-likeness (QED) is 0.407. The van der Waals surface area contributed by atoms with E-state index in [1.54, 1.807) is 0 Å². The fourth-order valence-electron chi connectivity index (χ4n) is 2.63. The van der Waals surface area contributed by atoms with E-state index >= 15 is 0 Å². The van der Waals surface area contributed by atoms with Crippen molar-refractivity contribution in [3.05, 3.63) is 12.7 Å². The lowest BCUT2D eigenvalue weighted by atomic mass is 10.0. The molecule has 1 aliphatic heterocycles. The molecule has 1 fully saturated rings. The van der Waals surface area contributed by atoms with E-state index in [2.05, 4.69) is 36.0 Å². The van der Waals surface area contributed by atoms with E-state index in [9.17, 15) is 0 Å². The molecule has 0 saturated carbocycles. The van der Waals surface area contributed by atoms with Crippen molar-refractivity contribution >= 4 is 5.96 Å². The summed E-state index contributed by atoms with van der Waals surface area (Å²) in [5, 5.41) is 6.56. The zero-order valence-corrected chi connectivity index (χ0v) is 13.3. The molecule has 0 radical (unpaired) electrons. The lowest BCUT2D eigenvalue weighted by Gasteiger charge is -2.35. The Bertz CT molecular complexity index is 288. The molecule has 1 rings (SSSR count). The Balaban J connectivity index is 2.49. The highest BCUT2D eigenvalue weighted by molar-refractivity contribution is 5.79. The van der Waals surface area contributed by atoms with Crippen molar-refractivity contribution < 1.29 is 0 Å². The molecule has 0 bridgehead atoms. The molecule has 0 spiro atoms. The molecular formula is C16H32N4. The van der Waals surface area contributed by atoms with Crippen LogP contribution in [-0.2, 0) is 0 Å². The van der Waals surface area contributed by atoms with Gasteiger partial charge in [0.1, 0.15) is 0 Å². The van der Waals surface area contributed by atoms with Crippen molar-refractivity contribution in [3.8, 4) is 0 Å². The Kier molecular flexibility index (Phi) is 9.13. The van der Waals surface area contributed by atoms with Gasteiger partial charge in [-0.3, -0.25) is 9.89 Å². The summed E-state index contributed by atoms with van der Waals surface area (Å²) < 4.78 is 0. The first-order valence-electron chi connectivity index (χ1n) is 8.18. The van der Waals surface area contributed by atoms with Crippen LogP contribution in [0.1, 0.15) is 46.0 Å². The molecule has 0 aromatic heterocycles. The topological polar surface area (TPSA) is 39.7 Å². The molecule has 20 heavy (non-hydrogen) atoms. The molecule has 1 heterocycles. The van der Waals surface area contributed by atoms with E-state index in [1.165, 1.54) is 45.2 Å². The molecule has 1 aliphatic rings. The summed E-state index contributed by atoms with van der Waals surface area (Å²) in [7, 11) is 0. The predicted molar refractivity (Wildman–Crippen MR) is 88.3 cm³/mol. The SMILES string of the molecule is C=CCNC(=NCC1CCCCN1CCCC)NCC. The molecule has 1 unspecified atom stereocenters. The summed E-state index contributed by atoms with van der Waals surface area (Å²) >= 11 is 0. The molecular weight excluding hydrogens is 248 g/mol. The number of hydrogen-bond donors (Lipinski definition) is 2. The van der Waals surface area contributed by atoms with Gasteiger partial charge in [-0.15, -0.1) is 6.58 Å². The van der Waals surface area contributed by atoms with Gasteiger partial charge in [0.05, 0.1) is 6.54 Å². The van der Waals surface area contributed by atoms with Crippen LogP contribution in [0.25, 0.3) is 0 Å². The van der Waals surface area contributed by atoms with Crippen LogP contribution >= 0.6 is 0 Å². The minimum Gasteiger partial charge on any atom is -0.357 e. The summed E-state index contributed by atoms with van der Waals surface area (Å²) in [6, 6.07) is 0.620. The summed E-state index contributed by atoms with van der Waals surface area (Å²) in [5.74, 6) is 0.911. The van der Waals surface area contributed by atoms with Gasteiger partial charge in [-0.25, -0.2) is 0 Å². The molecule has 4 nitrogen and oxygen atoms in total. The Hall–Kier alpha value is -1.03. The monoisotopic (exact) mass is 280 g/mol. The van der Waals surface area contributed by atoms with Gasteiger partial charge in [-0.1, -0.05) is 25.8 Å². The Labute approximate surface area is 124 Å². The highest BCUT2D eigenvalue weighted by Crippen LogP contribution is 2.17. The standard InChI is InChI=1S/C16H32N4/c1-4-7-12-20-13-9-8-10-15(20)14-19-16(17-6-3)18-11-5-2/h5,15H,2,4,6-14H2,1,3H3,(H2,17,18,19). The average Bonchev–Trinajstić information content (AvgIpc) is 2.48. The van der Waals surface area contributed by atoms with Crippen LogP contribution in [0.2, 0.25) is 0 Å². The highest BCUT2D eigenvalue weighted by atomic mass is 15.2. The molecule has 2 N–H and O–H groups in total. The van der Waals surface area contributed by atoms with Crippen LogP contribution in [0.4, 0.5) is 0 Å². The number of likely N-dealkylation sites (tertiary alicyclic amines) is 1. The molecule has 0 aromatic rings. The Morgan fingerprint density at radius 2 is 2.20 bits per heavy atom. The molecule has 1 atom stereocenters. The minimum atomic E-state index is 0.620. The van der Waals surface area contributed by atoms with E-state index in [1.807, 2.05) is 6.08 Å². The van der Waals surface area contributed by atoms with Crippen molar-refractivity contribution in [2.45, 2.75) is 52.0 Å². The second kappa shape index (κ2) is 10.7. The van der Waals surface area contributed by atoms with E-state index in [0.29, 0.717) is 6.04 Å². The van der Waals surface area contributed by atoms with Gasteiger partial charge in [-0.2, -0.15) is 0 Å². The first-order valence-corrected chi connectivity index (χ1v) is 8.18. The minimum absolute atomic E-state index is 0.620. The average molecular weight is 280 g/mol. The van der Waals surface area contributed by atoms with Gasteiger partial charge in [0.2, 0.25) is 0 Å². The maximum absolute atomic E-state index is 4.74. The van der Waals surface area contributed by atoms with Gasteiger partial charge in [0, 0.05) is 19.1 Å². The number of nitrogens with zero attached hydrogens (tertiary/aromatic N) is 2. The Morgan fingerprint density at radius 3 is 2.90 bits per heavy atom. The summed E-state index contributed by atoms with van der Waals surface area (Å²) in [6.07, 6.45) is 8.41. The van der Waals surface area contributed by atoms with Gasteiger partial charge in [-0.05, 0) is 39.3 Å². The molecule has 0 amide bonds. The zero-order chi connectivity index (χ0) is 14.6. The van der Waals surface area contributed by atoms with Crippen LogP contribution in [0.15, 0.2) is 17.6 Å². The number of aliphatic imine (C=N–C) groups is 1. The lowest BCUT2D eigenvalue weighted by Crippen LogP contribution is -2.43. The molecule has 0 aliphatic carbocycles. The van der Waals surface area contributed by atoms with Gasteiger partial charge < -0.3 is 10.6 Å². The molecule has 1 saturated heterocycles. The van der Waals surface area contributed by atoms with Crippen LogP contribution < -0.4 is 10.6 Å². The van der Waals surface area contributed by atoms with Crippen LogP contribution in [0.3, 0.4) is 0 Å². The fourth-order valence-corrected chi connectivity index (χ4v) is 2.63. The van der Waals surface area contributed by atoms with Crippen LogP contribution in [0, 0.1) is 0 Å². The summed E-state index contributed by atoms with van der Waals surface area (Å²) in [5.41, 5.74) is 0. The van der Waals surface area contributed by atoms with Gasteiger partial charge in [0.25, 0.3) is 0 Å². The maximum Gasteiger partial charge on any atom is 0.191 e. The number of nitrogens with one attached hydrogen (secondary N) is 2. The smallest absolute Gasteiger partial charge is 0.191 e. The van der Waals surface area contributed by atoms with Crippen LogP contribution in [0.5, 0.6) is 0 Å². The number of rotatable bonds is 8. The lowest BCUT2D eigenvalue weighted by molar-refractivity contribution is 0.151. The molecule has 4 heteroatoms. The van der Waals surface area contributed by atoms with Crippen molar-refractivity contribution in [1.29, 1.82) is 0 Å². The number of hydrogen-bond acceptors (Lipinski definition) is 2. The number of piperidine rings is 1. The first-order chi connectivity index (χ1) is 9.81. The third-order valence-electron chi connectivity index (χ3n) is 3.77. The van der Waals surface area contributed by atoms with E-state index in [-0.39, 0.29) is 0 Å². The second-order valence-electron chi connectivity index (χ2n) is 5.43. The third kappa shape index (κ3) is 6.42. The van der Waals surface area contributed by atoms with Crippen molar-refractivity contribution in [2.75, 3.05) is 32.7 Å². The van der Waals surface area contributed by atoms with Gasteiger partial charge in [0.15, 0.2) is 5.96 Å². The third-order valence-corrected chi connectivity index (χ3v) is 3.77. The normalized spacial score (nSPS) is 20.7. The zero-order valence-electron chi connectivity index (χ0n) is 13.3. The van der Waals surface area contributed by atoms with E-state index < -0.39 is 0 Å². The largest absolute Gasteiger partial charge is 0.357 e. The number of unbranched alkanes of at least 4 members (excludes halogenated alkanes) is 1. The Morgan fingerprint density at radius 1 is 1.35 bits per heavy atom. The van der Waals surface area contributed by atoms with Crippen molar-refractivity contribution in [3.63, 3.8) is 0 Å². The van der Waals surface area contributed by atoms with Crippen LogP contribution in [-0.4, -0.2) is 49.6 Å². The van der Waals surface area contributed by atoms with E-state index in [0.717, 1.165) is 25.6 Å². The van der Waals surface area contributed by atoms with Crippen molar-refractivity contribution in [1.82, 2.24) is 15.5 Å². The summed E-state index contributed by atoms with van der Waals surface area (Å²) in [4.78, 5) is 7.37. The molecule has 0 aromatic carbocycles. The predicted octanol–water partition coefficient (Wildman–Crippen LogP) is 2.38. The fraction of sp³-hybridized carbons (Fsp3) is 0.812.